The summed E-state index contributed by atoms with van der Waals surface area (Å²) in [6.45, 7) is 3.99. The minimum Gasteiger partial charge on any atom is -0.497 e. The number of nitrogens with zero attached hydrogens (tertiary/aromatic N) is 4. The second-order valence-electron chi connectivity index (χ2n) is 6.45. The number of methoxy groups -OCH3 is 1. The van der Waals surface area contributed by atoms with Crippen molar-refractivity contribution in [2.24, 2.45) is 10.1 Å². The van der Waals surface area contributed by atoms with Gasteiger partial charge in [-0.3, -0.25) is 10.2 Å². The summed E-state index contributed by atoms with van der Waals surface area (Å²) < 4.78 is 8.19. The topological polar surface area (TPSA) is 83.0 Å². The van der Waals surface area contributed by atoms with E-state index in [0.29, 0.717) is 5.17 Å². The molecule has 0 atom stereocenters. The minimum absolute atomic E-state index is 0.0442. The van der Waals surface area contributed by atoms with Gasteiger partial charge in [0.25, 0.3) is 5.91 Å². The third kappa shape index (κ3) is 3.40. The van der Waals surface area contributed by atoms with E-state index < -0.39 is 5.91 Å². The van der Waals surface area contributed by atoms with Crippen LogP contribution in [0.1, 0.15) is 17.0 Å². The van der Waals surface area contributed by atoms with Crippen LogP contribution in [0.2, 0.25) is 0 Å². The Balaban J connectivity index is 1.75. The highest BCUT2D eigenvalue weighted by atomic mass is 32.2. The van der Waals surface area contributed by atoms with Crippen molar-refractivity contribution >= 4 is 50.9 Å². The van der Waals surface area contributed by atoms with E-state index >= 15 is 0 Å². The molecule has 148 valence electrons. The van der Waals surface area contributed by atoms with Gasteiger partial charge >= 0.3 is 0 Å². The molecule has 0 saturated carbocycles. The van der Waals surface area contributed by atoms with Crippen LogP contribution in [0.15, 0.2) is 46.0 Å². The third-order valence-electron chi connectivity index (χ3n) is 4.69. The molecule has 7 nitrogen and oxygen atoms in total. The van der Waals surface area contributed by atoms with Crippen molar-refractivity contribution in [2.75, 3.05) is 13.4 Å². The maximum atomic E-state index is 12.6. The van der Waals surface area contributed by atoms with Crippen molar-refractivity contribution in [3.63, 3.8) is 0 Å². The maximum Gasteiger partial charge on any atom is 0.283 e. The second kappa shape index (κ2) is 7.57. The Morgan fingerprint density at radius 3 is 2.79 bits per heavy atom. The lowest BCUT2D eigenvalue weighted by Gasteiger charge is -2.20. The largest absolute Gasteiger partial charge is 0.497 e. The van der Waals surface area contributed by atoms with Crippen molar-refractivity contribution in [3.05, 3.63) is 52.9 Å². The fourth-order valence-electron chi connectivity index (χ4n) is 3.29. The molecule has 1 aromatic carbocycles. The van der Waals surface area contributed by atoms with Crippen LogP contribution in [0.4, 0.5) is 0 Å². The molecule has 1 amide bonds. The van der Waals surface area contributed by atoms with Gasteiger partial charge in [-0.1, -0.05) is 6.07 Å². The standard InChI is InChI=1S/C20H19N5O2S2/c1-11-8-13(12(2)24(11)14-6-5-7-15(10-14)27-3)9-16-17(21)25-19(22-18(16)26)29-20(23-25)28-4/h5-10,21H,1-4H3/b16-9-,21-17?. The first-order valence-electron chi connectivity index (χ1n) is 8.80. The molecule has 1 N–H and O–H groups in total. The number of aromatic nitrogens is 1. The lowest BCUT2D eigenvalue weighted by atomic mass is 10.1. The zero-order valence-electron chi connectivity index (χ0n) is 16.4. The lowest BCUT2D eigenvalue weighted by Crippen LogP contribution is -2.35. The monoisotopic (exact) mass is 425 g/mol. The molecule has 0 bridgehead atoms. The van der Waals surface area contributed by atoms with Crippen LogP contribution in [0, 0.1) is 19.3 Å². The summed E-state index contributed by atoms with van der Waals surface area (Å²) in [6.07, 6.45) is 3.63. The molecule has 9 heteroatoms. The summed E-state index contributed by atoms with van der Waals surface area (Å²) in [6, 6.07) is 9.80. The first kappa shape index (κ1) is 19.5. The quantitative estimate of drug-likeness (QED) is 0.751. The Kier molecular flexibility index (Phi) is 5.10. The summed E-state index contributed by atoms with van der Waals surface area (Å²) in [7, 11) is 1.64. The van der Waals surface area contributed by atoms with E-state index in [4.69, 9.17) is 10.1 Å². The number of rotatable bonds is 3. The maximum absolute atomic E-state index is 12.6. The summed E-state index contributed by atoms with van der Waals surface area (Å²) in [4.78, 5) is 16.7. The SMILES string of the molecule is COc1cccc(-n2c(C)cc(/C=C3/C(=N)N4N=C(SC)SC4=NC3=O)c2C)c1. The lowest BCUT2D eigenvalue weighted by molar-refractivity contribution is -0.114. The van der Waals surface area contributed by atoms with Gasteiger partial charge < -0.3 is 9.30 Å². The number of thioether (sulfide) groups is 2. The summed E-state index contributed by atoms with van der Waals surface area (Å²) in [5.74, 6) is 0.398. The number of hydrazone groups is 1. The zero-order chi connectivity index (χ0) is 20.7. The van der Waals surface area contributed by atoms with Gasteiger partial charge in [-0.05, 0) is 61.7 Å². The number of aliphatic imine (C=N–C) groups is 1. The predicted octanol–water partition coefficient (Wildman–Crippen LogP) is 4.04. The number of benzene rings is 1. The molecule has 4 rings (SSSR count). The number of nitrogens with one attached hydrogen (secondary N) is 1. The van der Waals surface area contributed by atoms with Crippen LogP contribution in [0.5, 0.6) is 5.75 Å². The van der Waals surface area contributed by atoms with Gasteiger partial charge in [-0.25, -0.2) is 0 Å². The van der Waals surface area contributed by atoms with Gasteiger partial charge in [-0.15, -0.1) is 16.9 Å². The molecule has 3 heterocycles. The summed E-state index contributed by atoms with van der Waals surface area (Å²) in [5.41, 5.74) is 4.03. The van der Waals surface area contributed by atoms with Gasteiger partial charge in [0.1, 0.15) is 5.75 Å². The molecule has 0 spiro atoms. The van der Waals surface area contributed by atoms with E-state index in [9.17, 15) is 4.79 Å². The van der Waals surface area contributed by atoms with Gasteiger partial charge in [0.05, 0.1) is 12.7 Å². The van der Waals surface area contributed by atoms with Crippen molar-refractivity contribution in [3.8, 4) is 11.4 Å². The number of amides is 1. The number of aryl methyl sites for hydroxylation is 1. The molecule has 2 aliphatic heterocycles. The molecule has 0 fully saturated rings. The third-order valence-corrected chi connectivity index (χ3v) is 6.58. The number of hydrogen-bond donors (Lipinski definition) is 1. The Morgan fingerprint density at radius 1 is 1.28 bits per heavy atom. The van der Waals surface area contributed by atoms with Crippen molar-refractivity contribution in [1.82, 2.24) is 9.58 Å². The highest BCUT2D eigenvalue weighted by Crippen LogP contribution is 2.32. The Morgan fingerprint density at radius 2 is 2.07 bits per heavy atom. The van der Waals surface area contributed by atoms with Crippen LogP contribution in [0.25, 0.3) is 11.8 Å². The average Bonchev–Trinajstić information content (AvgIpc) is 3.25. The Bertz CT molecular complexity index is 1130. The van der Waals surface area contributed by atoms with Crippen LogP contribution in [0.3, 0.4) is 0 Å². The molecule has 29 heavy (non-hydrogen) atoms. The van der Waals surface area contributed by atoms with Crippen molar-refractivity contribution in [2.45, 2.75) is 13.8 Å². The summed E-state index contributed by atoms with van der Waals surface area (Å²) >= 11 is 2.77. The number of carbonyl (C=O) groups excluding carboxylic acids is 1. The molecule has 2 aromatic rings. The zero-order valence-corrected chi connectivity index (χ0v) is 18.0. The molecular formula is C20H19N5O2S2. The number of fused-ring (bicyclic) bond motifs is 1. The van der Waals surface area contributed by atoms with Gasteiger partial charge in [0.15, 0.2) is 10.2 Å². The smallest absolute Gasteiger partial charge is 0.283 e. The molecule has 0 aliphatic carbocycles. The van der Waals surface area contributed by atoms with Gasteiger partial charge in [0, 0.05) is 23.1 Å². The molecule has 0 saturated heterocycles. The van der Waals surface area contributed by atoms with Crippen molar-refractivity contribution < 1.29 is 9.53 Å². The minimum atomic E-state index is -0.419. The molecule has 0 radical (unpaired) electrons. The molecule has 0 unspecified atom stereocenters. The van der Waals surface area contributed by atoms with Crippen LogP contribution in [-0.4, -0.2) is 44.2 Å². The second-order valence-corrected chi connectivity index (χ2v) is 8.46. The number of ether oxygens (including phenoxy) is 1. The predicted molar refractivity (Wildman–Crippen MR) is 120 cm³/mol. The first-order valence-corrected chi connectivity index (χ1v) is 10.8. The highest BCUT2D eigenvalue weighted by Gasteiger charge is 2.35. The fourth-order valence-corrected chi connectivity index (χ4v) is 4.64. The van der Waals surface area contributed by atoms with E-state index in [2.05, 4.69) is 14.7 Å². The number of carbonyl (C=O) groups is 1. The van der Waals surface area contributed by atoms with Crippen LogP contribution < -0.4 is 4.74 Å². The van der Waals surface area contributed by atoms with Gasteiger partial charge in [-0.2, -0.15) is 10.0 Å². The molecule has 2 aliphatic rings. The van der Waals surface area contributed by atoms with Crippen molar-refractivity contribution in [1.29, 1.82) is 5.41 Å². The van der Waals surface area contributed by atoms with E-state index in [1.807, 2.05) is 50.4 Å². The van der Waals surface area contributed by atoms with E-state index in [0.717, 1.165) is 32.8 Å². The Labute approximate surface area is 177 Å². The molecular weight excluding hydrogens is 406 g/mol. The normalized spacial score (nSPS) is 17.5. The average molecular weight is 426 g/mol. The van der Waals surface area contributed by atoms with Crippen LogP contribution in [-0.2, 0) is 4.79 Å². The Hall–Kier alpha value is -2.78. The van der Waals surface area contributed by atoms with E-state index in [-0.39, 0.29) is 11.4 Å². The highest BCUT2D eigenvalue weighted by molar-refractivity contribution is 8.45. The number of hydrogen-bond acceptors (Lipinski definition) is 6. The summed E-state index contributed by atoms with van der Waals surface area (Å²) in [5, 5.41) is 14.7. The molecule has 1 aromatic heterocycles. The van der Waals surface area contributed by atoms with E-state index in [1.54, 1.807) is 13.2 Å². The van der Waals surface area contributed by atoms with Crippen LogP contribution >= 0.6 is 23.5 Å². The van der Waals surface area contributed by atoms with Gasteiger partial charge in [0.2, 0.25) is 5.17 Å². The fraction of sp³-hybridized carbons (Fsp3) is 0.200. The first-order chi connectivity index (χ1) is 13.9. The van der Waals surface area contributed by atoms with E-state index in [1.165, 1.54) is 28.5 Å². The number of amidine groups is 2.